The van der Waals surface area contributed by atoms with Gasteiger partial charge < -0.3 is 15.4 Å². The topological polar surface area (TPSA) is 50.4 Å². The molecule has 4 nitrogen and oxygen atoms in total. The van der Waals surface area contributed by atoms with Crippen LogP contribution in [-0.4, -0.2) is 25.6 Å². The van der Waals surface area contributed by atoms with Gasteiger partial charge in [0.1, 0.15) is 11.8 Å². The minimum atomic E-state index is -0.332. The first kappa shape index (κ1) is 14.1. The zero-order valence-electron chi connectivity index (χ0n) is 11.1. The second-order valence-electron chi connectivity index (χ2n) is 4.10. The molecular formula is C14H20N2O2. The van der Waals surface area contributed by atoms with Crippen molar-refractivity contribution >= 4 is 11.6 Å². The van der Waals surface area contributed by atoms with Crippen LogP contribution in [-0.2, 0) is 4.79 Å². The summed E-state index contributed by atoms with van der Waals surface area (Å²) in [5, 5.41) is 5.87. The van der Waals surface area contributed by atoms with E-state index in [9.17, 15) is 4.79 Å². The fourth-order valence-electron chi connectivity index (χ4n) is 1.54. The fraction of sp³-hybridized carbons (Fsp3) is 0.357. The van der Waals surface area contributed by atoms with E-state index in [1.54, 1.807) is 20.1 Å². The number of rotatable bonds is 6. The molecule has 2 N–H and O–H groups in total. The summed E-state index contributed by atoms with van der Waals surface area (Å²) in [4.78, 5) is 11.7. The Morgan fingerprint density at radius 1 is 1.56 bits per heavy atom. The molecule has 0 heterocycles. The Hall–Kier alpha value is -1.97. The Morgan fingerprint density at radius 2 is 2.28 bits per heavy atom. The predicted molar refractivity (Wildman–Crippen MR) is 74.0 cm³/mol. The minimum absolute atomic E-state index is 0.0717. The number of anilines is 1. The summed E-state index contributed by atoms with van der Waals surface area (Å²) >= 11 is 0. The van der Waals surface area contributed by atoms with E-state index in [0.717, 1.165) is 17.0 Å². The van der Waals surface area contributed by atoms with Gasteiger partial charge in [-0.15, -0.1) is 6.58 Å². The molecule has 0 saturated carbocycles. The molecule has 0 aliphatic carbocycles. The second kappa shape index (κ2) is 6.69. The molecule has 0 fully saturated rings. The number of ether oxygens (including phenoxy) is 1. The third-order valence-electron chi connectivity index (χ3n) is 2.54. The molecular weight excluding hydrogens is 228 g/mol. The van der Waals surface area contributed by atoms with Gasteiger partial charge in [0.25, 0.3) is 0 Å². The molecule has 0 bridgehead atoms. The van der Waals surface area contributed by atoms with Crippen LogP contribution in [0, 0.1) is 6.92 Å². The molecule has 1 rings (SSSR count). The van der Waals surface area contributed by atoms with E-state index in [2.05, 4.69) is 17.2 Å². The summed E-state index contributed by atoms with van der Waals surface area (Å²) in [7, 11) is 1.61. The minimum Gasteiger partial charge on any atom is -0.495 e. The van der Waals surface area contributed by atoms with Crippen LogP contribution in [0.1, 0.15) is 12.5 Å². The second-order valence-corrected chi connectivity index (χ2v) is 4.10. The van der Waals surface area contributed by atoms with E-state index in [1.165, 1.54) is 0 Å². The van der Waals surface area contributed by atoms with E-state index in [0.29, 0.717) is 6.54 Å². The van der Waals surface area contributed by atoms with Crippen LogP contribution in [0.3, 0.4) is 0 Å². The van der Waals surface area contributed by atoms with Crippen molar-refractivity contribution in [1.82, 2.24) is 5.32 Å². The molecule has 0 radical (unpaired) electrons. The lowest BCUT2D eigenvalue weighted by atomic mass is 10.2. The molecule has 1 aromatic rings. The third kappa shape index (κ3) is 3.80. The maximum Gasteiger partial charge on any atom is 0.242 e. The van der Waals surface area contributed by atoms with Crippen LogP contribution in [0.25, 0.3) is 0 Å². The highest BCUT2D eigenvalue weighted by Crippen LogP contribution is 2.25. The standard InChI is InChI=1S/C14H20N2O2/c1-5-8-15-14(17)11(3)16-12-7-6-10(2)9-13(12)18-4/h5-7,9,11,16H,1,8H2,2-4H3,(H,15,17)/t11-/m1/s1. The van der Waals surface area contributed by atoms with Crippen molar-refractivity contribution in [2.45, 2.75) is 19.9 Å². The van der Waals surface area contributed by atoms with Crippen LogP contribution in [0.4, 0.5) is 5.69 Å². The van der Waals surface area contributed by atoms with Gasteiger partial charge in [-0.2, -0.15) is 0 Å². The summed E-state index contributed by atoms with van der Waals surface area (Å²) in [6.45, 7) is 7.82. The van der Waals surface area contributed by atoms with Gasteiger partial charge in [-0.25, -0.2) is 0 Å². The summed E-state index contributed by atoms with van der Waals surface area (Å²) < 4.78 is 5.28. The van der Waals surface area contributed by atoms with E-state index in [-0.39, 0.29) is 11.9 Å². The molecule has 0 spiro atoms. The molecule has 0 aromatic heterocycles. The number of carbonyl (C=O) groups is 1. The molecule has 0 saturated heterocycles. The van der Waals surface area contributed by atoms with E-state index < -0.39 is 0 Å². The highest BCUT2D eigenvalue weighted by atomic mass is 16.5. The van der Waals surface area contributed by atoms with Gasteiger partial charge >= 0.3 is 0 Å². The number of carbonyl (C=O) groups excluding carboxylic acids is 1. The van der Waals surface area contributed by atoms with Crippen LogP contribution in [0.15, 0.2) is 30.9 Å². The Morgan fingerprint density at radius 3 is 2.89 bits per heavy atom. The van der Waals surface area contributed by atoms with Crippen molar-refractivity contribution in [3.63, 3.8) is 0 Å². The number of aryl methyl sites for hydroxylation is 1. The maximum atomic E-state index is 11.7. The van der Waals surface area contributed by atoms with Gasteiger partial charge in [-0.1, -0.05) is 12.1 Å². The van der Waals surface area contributed by atoms with Crippen LogP contribution in [0.5, 0.6) is 5.75 Å². The lowest BCUT2D eigenvalue weighted by Gasteiger charge is -2.17. The van der Waals surface area contributed by atoms with Crippen molar-refractivity contribution in [3.05, 3.63) is 36.4 Å². The van der Waals surface area contributed by atoms with Crippen molar-refractivity contribution in [1.29, 1.82) is 0 Å². The van der Waals surface area contributed by atoms with Gasteiger partial charge in [-0.05, 0) is 31.5 Å². The molecule has 0 aliphatic heterocycles. The first-order valence-corrected chi connectivity index (χ1v) is 5.88. The van der Waals surface area contributed by atoms with Crippen molar-refractivity contribution < 1.29 is 9.53 Å². The van der Waals surface area contributed by atoms with Crippen LogP contribution in [0.2, 0.25) is 0 Å². The summed E-state index contributed by atoms with van der Waals surface area (Å²) in [5.41, 5.74) is 1.92. The van der Waals surface area contributed by atoms with Crippen LogP contribution < -0.4 is 15.4 Å². The van der Waals surface area contributed by atoms with Gasteiger partial charge in [0.15, 0.2) is 0 Å². The van der Waals surface area contributed by atoms with E-state index >= 15 is 0 Å². The smallest absolute Gasteiger partial charge is 0.242 e. The number of nitrogens with one attached hydrogen (secondary N) is 2. The average molecular weight is 248 g/mol. The highest BCUT2D eigenvalue weighted by Gasteiger charge is 2.13. The molecule has 1 atom stereocenters. The number of hydrogen-bond acceptors (Lipinski definition) is 3. The van der Waals surface area contributed by atoms with Crippen molar-refractivity contribution in [2.24, 2.45) is 0 Å². The Bertz CT molecular complexity index is 430. The predicted octanol–water partition coefficient (Wildman–Crippen LogP) is 2.11. The van der Waals surface area contributed by atoms with Crippen molar-refractivity contribution in [3.8, 4) is 5.75 Å². The fourth-order valence-corrected chi connectivity index (χ4v) is 1.54. The number of amides is 1. The normalized spacial score (nSPS) is 11.5. The third-order valence-corrected chi connectivity index (χ3v) is 2.54. The zero-order chi connectivity index (χ0) is 13.5. The molecule has 18 heavy (non-hydrogen) atoms. The SMILES string of the molecule is C=CCNC(=O)[C@@H](C)Nc1ccc(C)cc1OC. The highest BCUT2D eigenvalue weighted by molar-refractivity contribution is 5.84. The molecule has 4 heteroatoms. The van der Waals surface area contributed by atoms with Gasteiger partial charge in [0.05, 0.1) is 12.8 Å². The molecule has 98 valence electrons. The largest absolute Gasteiger partial charge is 0.495 e. The summed E-state index contributed by atoms with van der Waals surface area (Å²) in [6, 6.07) is 5.48. The number of methoxy groups -OCH3 is 1. The van der Waals surface area contributed by atoms with Crippen molar-refractivity contribution in [2.75, 3.05) is 19.0 Å². The summed E-state index contributed by atoms with van der Waals surface area (Å²) in [6.07, 6.45) is 1.65. The van der Waals surface area contributed by atoms with E-state index in [1.807, 2.05) is 25.1 Å². The first-order chi connectivity index (χ1) is 8.58. The molecule has 0 unspecified atom stereocenters. The summed E-state index contributed by atoms with van der Waals surface area (Å²) in [5.74, 6) is 0.663. The van der Waals surface area contributed by atoms with E-state index in [4.69, 9.17) is 4.74 Å². The van der Waals surface area contributed by atoms with Gasteiger partial charge in [0, 0.05) is 6.54 Å². The Labute approximate surface area is 108 Å². The van der Waals surface area contributed by atoms with Crippen LogP contribution >= 0.6 is 0 Å². The Balaban J connectivity index is 2.71. The molecule has 1 amide bonds. The molecule has 0 aliphatic rings. The quantitative estimate of drug-likeness (QED) is 0.758. The first-order valence-electron chi connectivity index (χ1n) is 5.88. The van der Waals surface area contributed by atoms with Gasteiger partial charge in [0.2, 0.25) is 5.91 Å². The average Bonchev–Trinajstić information content (AvgIpc) is 2.37. The molecule has 1 aromatic carbocycles. The number of benzene rings is 1. The lowest BCUT2D eigenvalue weighted by molar-refractivity contribution is -0.121. The zero-order valence-corrected chi connectivity index (χ0v) is 11.1. The number of hydrogen-bond donors (Lipinski definition) is 2. The monoisotopic (exact) mass is 248 g/mol. The maximum absolute atomic E-state index is 11.7. The Kier molecular flexibility index (Phi) is 5.24. The lowest BCUT2D eigenvalue weighted by Crippen LogP contribution is -2.37. The van der Waals surface area contributed by atoms with Gasteiger partial charge in [-0.3, -0.25) is 4.79 Å².